The average Bonchev–Trinajstić information content (AvgIpc) is 3.17. The van der Waals surface area contributed by atoms with Crippen LogP contribution in [0.4, 0.5) is 4.79 Å². The van der Waals surface area contributed by atoms with Crippen molar-refractivity contribution in [1.29, 1.82) is 0 Å². The molecule has 6 nitrogen and oxygen atoms in total. The lowest BCUT2D eigenvalue weighted by atomic mass is 9.96. The van der Waals surface area contributed by atoms with Gasteiger partial charge < -0.3 is 10.2 Å². The van der Waals surface area contributed by atoms with Gasteiger partial charge in [-0.3, -0.25) is 14.5 Å². The summed E-state index contributed by atoms with van der Waals surface area (Å²) in [4.78, 5) is 40.2. The number of hydrogen-bond donors (Lipinski definition) is 1. The van der Waals surface area contributed by atoms with E-state index in [0.717, 1.165) is 43.4 Å². The number of carbonyl (C=O) groups is 3. The third-order valence-electron chi connectivity index (χ3n) is 5.41. The van der Waals surface area contributed by atoms with Crippen LogP contribution < -0.4 is 5.32 Å². The molecule has 2 saturated carbocycles. The smallest absolute Gasteiger partial charge is 0.325 e. The first kappa shape index (κ1) is 15.3. The van der Waals surface area contributed by atoms with Crippen molar-refractivity contribution in [2.75, 3.05) is 13.1 Å². The second-order valence-corrected chi connectivity index (χ2v) is 6.92. The quantitative estimate of drug-likeness (QED) is 0.783. The molecule has 1 N–H and O–H groups in total. The number of amides is 4. The van der Waals surface area contributed by atoms with Crippen LogP contribution >= 0.6 is 0 Å². The number of likely N-dealkylation sites (N-methyl/N-ethyl adjacent to an activating group) is 1. The molecule has 0 aromatic rings. The molecule has 2 aliphatic carbocycles. The van der Waals surface area contributed by atoms with Gasteiger partial charge in [-0.05, 0) is 45.4 Å². The maximum atomic E-state index is 12.6. The lowest BCUT2D eigenvalue weighted by molar-refractivity contribution is -0.140. The fourth-order valence-corrected chi connectivity index (χ4v) is 3.88. The number of carbonyl (C=O) groups excluding carboxylic acids is 3. The van der Waals surface area contributed by atoms with E-state index in [9.17, 15) is 14.4 Å². The fraction of sp³-hybridized carbons (Fsp3) is 0.812. The summed E-state index contributed by atoms with van der Waals surface area (Å²) in [5, 5.41) is 2.79. The lowest BCUT2D eigenvalue weighted by Gasteiger charge is -2.29. The fourth-order valence-electron chi connectivity index (χ4n) is 3.88. The third-order valence-corrected chi connectivity index (χ3v) is 5.41. The zero-order valence-corrected chi connectivity index (χ0v) is 13.4. The maximum Gasteiger partial charge on any atom is 0.325 e. The third kappa shape index (κ3) is 2.48. The number of imide groups is 1. The van der Waals surface area contributed by atoms with E-state index in [2.05, 4.69) is 5.32 Å². The molecule has 3 rings (SSSR count). The standard InChI is InChI=1S/C16H25N3O3/c1-3-18(12-6-4-5-7-12)13(20)10-19-14(21)16(2,11-8-9-11)17-15(19)22/h11-12H,3-10H2,1-2H3,(H,17,22). The Morgan fingerprint density at radius 1 is 1.27 bits per heavy atom. The molecule has 0 bridgehead atoms. The van der Waals surface area contributed by atoms with Gasteiger partial charge in [0.05, 0.1) is 0 Å². The highest BCUT2D eigenvalue weighted by Crippen LogP contribution is 2.42. The first-order valence-corrected chi connectivity index (χ1v) is 8.41. The van der Waals surface area contributed by atoms with Crippen molar-refractivity contribution < 1.29 is 14.4 Å². The average molecular weight is 307 g/mol. The molecule has 0 radical (unpaired) electrons. The van der Waals surface area contributed by atoms with Crippen LogP contribution in [-0.2, 0) is 9.59 Å². The SMILES string of the molecule is CCN(C(=O)CN1C(=O)NC(C)(C2CC2)C1=O)C1CCCC1. The molecule has 1 unspecified atom stereocenters. The Balaban J connectivity index is 1.67. The largest absolute Gasteiger partial charge is 0.338 e. The first-order chi connectivity index (χ1) is 10.5. The molecule has 1 saturated heterocycles. The van der Waals surface area contributed by atoms with Crippen molar-refractivity contribution in [3.8, 4) is 0 Å². The van der Waals surface area contributed by atoms with Gasteiger partial charge in [0.2, 0.25) is 5.91 Å². The van der Waals surface area contributed by atoms with E-state index in [1.165, 1.54) is 0 Å². The molecule has 0 aromatic carbocycles. The molecule has 1 heterocycles. The first-order valence-electron chi connectivity index (χ1n) is 8.41. The van der Waals surface area contributed by atoms with Gasteiger partial charge in [0, 0.05) is 12.6 Å². The number of hydrogen-bond acceptors (Lipinski definition) is 3. The summed E-state index contributed by atoms with van der Waals surface area (Å²) in [6, 6.07) is -0.150. The van der Waals surface area contributed by atoms with E-state index in [0.29, 0.717) is 6.54 Å². The molecule has 6 heteroatoms. The van der Waals surface area contributed by atoms with E-state index >= 15 is 0 Å². The Labute approximate surface area is 131 Å². The molecule has 3 fully saturated rings. The van der Waals surface area contributed by atoms with Crippen LogP contribution in [-0.4, -0.2) is 52.3 Å². The Morgan fingerprint density at radius 3 is 2.45 bits per heavy atom. The summed E-state index contributed by atoms with van der Waals surface area (Å²) >= 11 is 0. The second-order valence-electron chi connectivity index (χ2n) is 6.92. The molecular weight excluding hydrogens is 282 g/mol. The molecular formula is C16H25N3O3. The summed E-state index contributed by atoms with van der Waals surface area (Å²) in [5.41, 5.74) is -0.804. The zero-order chi connectivity index (χ0) is 15.9. The summed E-state index contributed by atoms with van der Waals surface area (Å²) < 4.78 is 0. The van der Waals surface area contributed by atoms with Crippen molar-refractivity contribution in [2.24, 2.45) is 5.92 Å². The Hall–Kier alpha value is -1.59. The van der Waals surface area contributed by atoms with Gasteiger partial charge in [-0.25, -0.2) is 4.79 Å². The highest BCUT2D eigenvalue weighted by molar-refractivity contribution is 6.09. The van der Waals surface area contributed by atoms with Gasteiger partial charge >= 0.3 is 6.03 Å². The number of urea groups is 1. The van der Waals surface area contributed by atoms with Crippen molar-refractivity contribution in [1.82, 2.24) is 15.1 Å². The molecule has 1 aliphatic heterocycles. The van der Waals surface area contributed by atoms with Crippen molar-refractivity contribution in [3.05, 3.63) is 0 Å². The van der Waals surface area contributed by atoms with Gasteiger partial charge in [-0.1, -0.05) is 12.8 Å². The van der Waals surface area contributed by atoms with Crippen LogP contribution in [0, 0.1) is 5.92 Å². The topological polar surface area (TPSA) is 69.7 Å². The maximum absolute atomic E-state index is 12.6. The highest BCUT2D eigenvalue weighted by atomic mass is 16.2. The van der Waals surface area contributed by atoms with Gasteiger partial charge in [-0.15, -0.1) is 0 Å². The van der Waals surface area contributed by atoms with Crippen molar-refractivity contribution in [3.63, 3.8) is 0 Å². The number of rotatable bonds is 5. The highest BCUT2D eigenvalue weighted by Gasteiger charge is 2.56. The van der Waals surface area contributed by atoms with Crippen LogP contribution in [0.1, 0.15) is 52.4 Å². The van der Waals surface area contributed by atoms with Crippen LogP contribution in [0.3, 0.4) is 0 Å². The molecule has 122 valence electrons. The van der Waals surface area contributed by atoms with E-state index in [4.69, 9.17) is 0 Å². The van der Waals surface area contributed by atoms with Crippen molar-refractivity contribution >= 4 is 17.8 Å². The van der Waals surface area contributed by atoms with E-state index in [1.54, 1.807) is 6.92 Å². The minimum Gasteiger partial charge on any atom is -0.338 e. The monoisotopic (exact) mass is 307 g/mol. The predicted octanol–water partition coefficient (Wildman–Crippen LogP) is 1.50. The molecule has 4 amide bonds. The van der Waals surface area contributed by atoms with Crippen molar-refractivity contribution in [2.45, 2.75) is 64.0 Å². The number of nitrogens with zero attached hydrogens (tertiary/aromatic N) is 2. The van der Waals surface area contributed by atoms with Gasteiger partial charge in [0.15, 0.2) is 0 Å². The van der Waals surface area contributed by atoms with Gasteiger partial charge in [0.25, 0.3) is 5.91 Å². The second kappa shape index (κ2) is 5.56. The molecule has 3 aliphatic rings. The summed E-state index contributed by atoms with van der Waals surface area (Å²) in [6.07, 6.45) is 6.29. The van der Waals surface area contributed by atoms with E-state index in [1.807, 2.05) is 11.8 Å². The van der Waals surface area contributed by atoms with Gasteiger partial charge in [-0.2, -0.15) is 0 Å². The minimum absolute atomic E-state index is 0.113. The van der Waals surface area contributed by atoms with Crippen LogP contribution in [0.25, 0.3) is 0 Å². The molecule has 22 heavy (non-hydrogen) atoms. The summed E-state index contributed by atoms with van der Waals surface area (Å²) in [5.74, 6) is -0.130. The lowest BCUT2D eigenvalue weighted by Crippen LogP contribution is -2.48. The predicted molar refractivity (Wildman–Crippen MR) is 81.0 cm³/mol. The minimum atomic E-state index is -0.804. The van der Waals surface area contributed by atoms with Crippen LogP contribution in [0.15, 0.2) is 0 Å². The molecule has 0 spiro atoms. The van der Waals surface area contributed by atoms with Crippen LogP contribution in [0.2, 0.25) is 0 Å². The Kier molecular flexibility index (Phi) is 3.87. The van der Waals surface area contributed by atoms with E-state index in [-0.39, 0.29) is 30.3 Å². The Bertz CT molecular complexity index is 497. The summed E-state index contributed by atoms with van der Waals surface area (Å²) in [6.45, 7) is 4.24. The van der Waals surface area contributed by atoms with Crippen LogP contribution in [0.5, 0.6) is 0 Å². The van der Waals surface area contributed by atoms with E-state index < -0.39 is 11.6 Å². The molecule has 1 atom stereocenters. The van der Waals surface area contributed by atoms with Gasteiger partial charge in [0.1, 0.15) is 12.1 Å². The normalized spacial score (nSPS) is 29.1. The summed E-state index contributed by atoms with van der Waals surface area (Å²) in [7, 11) is 0. The number of nitrogens with one attached hydrogen (secondary N) is 1. The zero-order valence-electron chi connectivity index (χ0n) is 13.4. The Morgan fingerprint density at radius 2 is 1.91 bits per heavy atom. The molecule has 0 aromatic heterocycles.